The molecule has 0 radical (unpaired) electrons. The van der Waals surface area contributed by atoms with E-state index in [1.807, 2.05) is 41.8 Å². The van der Waals surface area contributed by atoms with Crippen molar-refractivity contribution in [3.05, 3.63) is 58.3 Å². The Morgan fingerprint density at radius 1 is 1.25 bits per heavy atom. The van der Waals surface area contributed by atoms with Crippen LogP contribution in [0.3, 0.4) is 0 Å². The highest BCUT2D eigenvalue weighted by Gasteiger charge is 2.16. The molecule has 24 heavy (non-hydrogen) atoms. The smallest absolute Gasteiger partial charge is 0.331 e. The molecule has 1 aromatic carbocycles. The lowest BCUT2D eigenvalue weighted by molar-refractivity contribution is -0.150. The summed E-state index contributed by atoms with van der Waals surface area (Å²) in [6.07, 6.45) is 2.12. The highest BCUT2D eigenvalue weighted by molar-refractivity contribution is 7.10. The van der Waals surface area contributed by atoms with Gasteiger partial charge in [-0.25, -0.2) is 4.79 Å². The molecule has 2 aromatic rings. The van der Waals surface area contributed by atoms with Crippen molar-refractivity contribution in [3.8, 4) is 5.75 Å². The number of ether oxygens (including phenoxy) is 2. The predicted molar refractivity (Wildman–Crippen MR) is 93.7 cm³/mol. The van der Waals surface area contributed by atoms with Gasteiger partial charge in [-0.15, -0.1) is 11.3 Å². The maximum absolute atomic E-state index is 12.0. The number of methoxy groups -OCH3 is 1. The molecule has 126 valence electrons. The van der Waals surface area contributed by atoms with Crippen LogP contribution in [0.4, 0.5) is 0 Å². The van der Waals surface area contributed by atoms with Crippen molar-refractivity contribution in [2.75, 3.05) is 7.11 Å². The number of amides is 1. The Balaban J connectivity index is 1.77. The van der Waals surface area contributed by atoms with Crippen LogP contribution < -0.4 is 10.1 Å². The summed E-state index contributed by atoms with van der Waals surface area (Å²) in [5.74, 6) is -0.135. The summed E-state index contributed by atoms with van der Waals surface area (Å²) in [6, 6.07) is 11.1. The zero-order chi connectivity index (χ0) is 17.4. The quantitative estimate of drug-likeness (QED) is 0.619. The number of benzene rings is 1. The van der Waals surface area contributed by atoms with Crippen LogP contribution in [-0.2, 0) is 20.9 Å². The lowest BCUT2D eigenvalue weighted by Gasteiger charge is -2.12. The van der Waals surface area contributed by atoms with Gasteiger partial charge in [0.2, 0.25) is 0 Å². The molecule has 2 rings (SSSR count). The fourth-order valence-corrected chi connectivity index (χ4v) is 2.50. The van der Waals surface area contributed by atoms with Gasteiger partial charge in [0.25, 0.3) is 5.91 Å². The zero-order valence-electron chi connectivity index (χ0n) is 13.5. The van der Waals surface area contributed by atoms with Crippen molar-refractivity contribution in [2.24, 2.45) is 0 Å². The molecule has 1 aromatic heterocycles. The molecule has 1 heterocycles. The van der Waals surface area contributed by atoms with Crippen LogP contribution in [0.1, 0.15) is 17.4 Å². The molecule has 6 heteroatoms. The molecule has 0 saturated heterocycles. The molecule has 1 amide bonds. The normalized spacial score (nSPS) is 11.9. The first-order valence-electron chi connectivity index (χ1n) is 7.41. The molecule has 0 aliphatic heterocycles. The van der Waals surface area contributed by atoms with Crippen LogP contribution in [-0.4, -0.2) is 25.1 Å². The first-order valence-corrected chi connectivity index (χ1v) is 8.29. The summed E-state index contributed by atoms with van der Waals surface area (Å²) >= 11 is 1.52. The van der Waals surface area contributed by atoms with E-state index in [0.29, 0.717) is 6.54 Å². The number of carbonyl (C=O) groups is 2. The van der Waals surface area contributed by atoms with E-state index in [1.165, 1.54) is 17.4 Å². The average molecular weight is 345 g/mol. The summed E-state index contributed by atoms with van der Waals surface area (Å²) in [4.78, 5) is 24.6. The molecule has 0 aliphatic rings. The van der Waals surface area contributed by atoms with Gasteiger partial charge >= 0.3 is 5.97 Å². The Hall–Kier alpha value is -2.60. The number of thiophene rings is 1. The first kappa shape index (κ1) is 17.7. The summed E-state index contributed by atoms with van der Waals surface area (Å²) < 4.78 is 10.2. The molecule has 0 fully saturated rings. The molecular weight excluding hydrogens is 326 g/mol. The molecule has 1 atom stereocenters. The molecular formula is C18H19NO4S. The summed E-state index contributed by atoms with van der Waals surface area (Å²) in [6.45, 7) is 1.90. The third kappa shape index (κ3) is 5.55. The Bertz CT molecular complexity index is 692. The van der Waals surface area contributed by atoms with E-state index in [9.17, 15) is 9.59 Å². The van der Waals surface area contributed by atoms with Gasteiger partial charge in [0.05, 0.1) is 7.11 Å². The number of rotatable bonds is 7. The first-order chi connectivity index (χ1) is 11.6. The van der Waals surface area contributed by atoms with Crippen molar-refractivity contribution < 1.29 is 19.1 Å². The maximum Gasteiger partial charge on any atom is 0.331 e. The monoisotopic (exact) mass is 345 g/mol. The minimum atomic E-state index is -0.858. The number of nitrogens with one attached hydrogen (secondary N) is 1. The van der Waals surface area contributed by atoms with Crippen molar-refractivity contribution in [3.63, 3.8) is 0 Å². The van der Waals surface area contributed by atoms with E-state index in [1.54, 1.807) is 20.1 Å². The number of hydrogen-bond acceptors (Lipinski definition) is 5. The van der Waals surface area contributed by atoms with E-state index < -0.39 is 12.1 Å². The van der Waals surface area contributed by atoms with Gasteiger partial charge in [-0.1, -0.05) is 18.2 Å². The van der Waals surface area contributed by atoms with E-state index in [4.69, 9.17) is 9.47 Å². The predicted octanol–water partition coefficient (Wildman–Crippen LogP) is 3.02. The highest BCUT2D eigenvalue weighted by Crippen LogP contribution is 2.11. The Kier molecular flexibility index (Phi) is 6.57. The van der Waals surface area contributed by atoms with E-state index in [-0.39, 0.29) is 5.91 Å². The highest BCUT2D eigenvalue weighted by atomic mass is 32.1. The van der Waals surface area contributed by atoms with Gasteiger partial charge < -0.3 is 14.8 Å². The maximum atomic E-state index is 12.0. The van der Waals surface area contributed by atoms with Crippen LogP contribution >= 0.6 is 11.3 Å². The van der Waals surface area contributed by atoms with Crippen LogP contribution in [0.5, 0.6) is 5.75 Å². The largest absolute Gasteiger partial charge is 0.497 e. The Morgan fingerprint density at radius 3 is 2.62 bits per heavy atom. The number of hydrogen-bond donors (Lipinski definition) is 1. The molecule has 0 bridgehead atoms. The summed E-state index contributed by atoms with van der Waals surface area (Å²) in [7, 11) is 1.60. The van der Waals surface area contributed by atoms with Gasteiger partial charge in [0, 0.05) is 17.5 Å². The third-order valence-corrected chi connectivity index (χ3v) is 4.05. The van der Waals surface area contributed by atoms with E-state index in [0.717, 1.165) is 16.2 Å². The number of carbonyl (C=O) groups excluding carboxylic acids is 2. The van der Waals surface area contributed by atoms with Crippen LogP contribution in [0.25, 0.3) is 6.08 Å². The fraction of sp³-hybridized carbons (Fsp3) is 0.222. The topological polar surface area (TPSA) is 64.6 Å². The minimum Gasteiger partial charge on any atom is -0.497 e. The zero-order valence-corrected chi connectivity index (χ0v) is 14.3. The third-order valence-electron chi connectivity index (χ3n) is 3.21. The minimum absolute atomic E-state index is 0.344. The summed E-state index contributed by atoms with van der Waals surface area (Å²) in [5.41, 5.74) is 0.931. The Morgan fingerprint density at radius 2 is 2.00 bits per heavy atom. The second-order valence-electron chi connectivity index (χ2n) is 4.99. The summed E-state index contributed by atoms with van der Waals surface area (Å²) in [5, 5.41) is 4.65. The van der Waals surface area contributed by atoms with Gasteiger partial charge in [0.1, 0.15) is 5.75 Å². The van der Waals surface area contributed by atoms with Gasteiger partial charge in [-0.05, 0) is 42.1 Å². The van der Waals surface area contributed by atoms with Gasteiger partial charge in [-0.2, -0.15) is 0 Å². The molecule has 0 saturated carbocycles. The Labute approximate surface area is 144 Å². The van der Waals surface area contributed by atoms with Crippen LogP contribution in [0, 0.1) is 0 Å². The standard InChI is InChI=1S/C18H19NO4S/c1-13(23-17(20)10-9-16-4-3-11-24-16)18(21)19-12-14-5-7-15(22-2)8-6-14/h3-11,13H,12H2,1-2H3,(H,19,21)/b10-9+/t13-/m0/s1. The van der Waals surface area contributed by atoms with E-state index >= 15 is 0 Å². The molecule has 1 N–H and O–H groups in total. The second kappa shape index (κ2) is 8.88. The van der Waals surface area contributed by atoms with Crippen LogP contribution in [0.2, 0.25) is 0 Å². The number of esters is 1. The fourth-order valence-electron chi connectivity index (χ4n) is 1.88. The average Bonchev–Trinajstić information content (AvgIpc) is 3.11. The lowest BCUT2D eigenvalue weighted by Crippen LogP contribution is -2.35. The van der Waals surface area contributed by atoms with Gasteiger partial charge in [-0.3, -0.25) is 4.79 Å². The lowest BCUT2D eigenvalue weighted by atomic mass is 10.2. The second-order valence-corrected chi connectivity index (χ2v) is 5.97. The molecule has 0 aliphatic carbocycles. The van der Waals surface area contributed by atoms with E-state index in [2.05, 4.69) is 5.32 Å². The van der Waals surface area contributed by atoms with Crippen molar-refractivity contribution >= 4 is 29.3 Å². The molecule has 0 unspecified atom stereocenters. The SMILES string of the molecule is COc1ccc(CNC(=O)[C@H](C)OC(=O)/C=C/c2cccs2)cc1. The van der Waals surface area contributed by atoms with Crippen molar-refractivity contribution in [1.29, 1.82) is 0 Å². The van der Waals surface area contributed by atoms with Gasteiger partial charge in [0.15, 0.2) is 6.10 Å². The molecule has 0 spiro atoms. The van der Waals surface area contributed by atoms with Crippen molar-refractivity contribution in [1.82, 2.24) is 5.32 Å². The van der Waals surface area contributed by atoms with Crippen molar-refractivity contribution in [2.45, 2.75) is 19.6 Å². The molecule has 5 nitrogen and oxygen atoms in total. The van der Waals surface area contributed by atoms with Crippen LogP contribution in [0.15, 0.2) is 47.9 Å².